The molecule has 0 N–H and O–H groups in total. The van der Waals surface area contributed by atoms with Crippen molar-refractivity contribution in [2.45, 2.75) is 86.9 Å². The van der Waals surface area contributed by atoms with Gasteiger partial charge in [-0.25, -0.2) is 0 Å². The Kier molecular flexibility index (Phi) is 11.8. The van der Waals surface area contributed by atoms with E-state index in [4.69, 9.17) is 0 Å². The number of alkyl halides is 19. The SMILES string of the molecule is CCCCCC(F)(F)C(F)(F)C(F)(F)C(F)(F)F.FC(F)(F)C(F)(F)C(F)(F)C(F)(F)CCI. The highest BCUT2D eigenvalue weighted by Gasteiger charge is 2.82. The first-order chi connectivity index (χ1) is 14.6. The zero-order valence-electron chi connectivity index (χ0n) is 16.4. The molecular weight excluding hydrogens is 649 g/mol. The fourth-order valence-corrected chi connectivity index (χ4v) is 2.52. The molecule has 0 fully saturated rings. The van der Waals surface area contributed by atoms with Crippen LogP contribution in [0.3, 0.4) is 0 Å². The Labute approximate surface area is 193 Å². The summed E-state index contributed by atoms with van der Waals surface area (Å²) in [4.78, 5) is 0. The summed E-state index contributed by atoms with van der Waals surface area (Å²) < 4.78 is 219. The smallest absolute Gasteiger partial charge is 0.200 e. The lowest BCUT2D eigenvalue weighted by Crippen LogP contribution is -2.60. The van der Waals surface area contributed by atoms with Crippen LogP contribution in [0, 0.1) is 0 Å². The maximum Gasteiger partial charge on any atom is 0.460 e. The van der Waals surface area contributed by atoms with E-state index < -0.39 is 71.6 Å². The molecule has 0 saturated carbocycles. The van der Waals surface area contributed by atoms with Crippen LogP contribution in [0.25, 0.3) is 0 Å². The Morgan fingerprint density at radius 2 is 0.735 bits per heavy atom. The molecule has 0 saturated heterocycles. The average Bonchev–Trinajstić information content (AvgIpc) is 2.59. The van der Waals surface area contributed by atoms with E-state index in [1.165, 1.54) is 6.92 Å². The molecule has 208 valence electrons. The van der Waals surface area contributed by atoms with Gasteiger partial charge in [-0.3, -0.25) is 0 Å². The molecule has 0 spiro atoms. The molecule has 0 radical (unpaired) electrons. The van der Waals surface area contributed by atoms with Gasteiger partial charge >= 0.3 is 47.9 Å². The minimum atomic E-state index is -6.77. The summed E-state index contributed by atoms with van der Waals surface area (Å²) in [5.74, 6) is -37.3. The molecule has 0 rings (SSSR count). The number of hydrogen-bond acceptors (Lipinski definition) is 0. The summed E-state index contributed by atoms with van der Waals surface area (Å²) in [5.41, 5.74) is 0. The highest BCUT2D eigenvalue weighted by Crippen LogP contribution is 2.55. The van der Waals surface area contributed by atoms with E-state index in [-0.39, 0.29) is 6.42 Å². The van der Waals surface area contributed by atoms with Gasteiger partial charge in [0.25, 0.3) is 0 Å². The largest absolute Gasteiger partial charge is 0.460 e. The zero-order chi connectivity index (χ0) is 28.2. The van der Waals surface area contributed by atoms with Crippen molar-refractivity contribution in [3.63, 3.8) is 0 Å². The topological polar surface area (TPSA) is 0 Å². The van der Waals surface area contributed by atoms with Gasteiger partial charge in [-0.05, 0) is 6.42 Å². The van der Waals surface area contributed by atoms with E-state index in [1.807, 2.05) is 0 Å². The molecule has 0 atom stereocenters. The van der Waals surface area contributed by atoms with Gasteiger partial charge in [0.1, 0.15) is 0 Å². The van der Waals surface area contributed by atoms with Crippen molar-refractivity contribution in [1.82, 2.24) is 0 Å². The second-order valence-corrected chi connectivity index (χ2v) is 7.68. The quantitative estimate of drug-likeness (QED) is 0.0946. The summed E-state index contributed by atoms with van der Waals surface area (Å²) in [6, 6.07) is 0. The van der Waals surface area contributed by atoms with E-state index in [2.05, 4.69) is 0 Å². The summed E-state index contributed by atoms with van der Waals surface area (Å²) in [6.07, 6.45) is -17.2. The van der Waals surface area contributed by atoms with Crippen LogP contribution in [0.1, 0.15) is 39.0 Å². The lowest BCUT2D eigenvalue weighted by molar-refractivity contribution is -0.396. The maximum absolute atomic E-state index is 12.8. The fraction of sp³-hybridized carbons (Fsp3) is 1.00. The molecule has 0 unspecified atom stereocenters. The van der Waals surface area contributed by atoms with Gasteiger partial charge in [0.15, 0.2) is 0 Å². The number of unbranched alkanes of at least 4 members (excludes halogenated alkanes) is 2. The Balaban J connectivity index is 0. The number of rotatable bonds is 10. The Hall–Kier alpha value is -0.530. The fourth-order valence-electron chi connectivity index (χ4n) is 1.85. The monoisotopic (exact) mass is 664 g/mol. The first-order valence-corrected chi connectivity index (χ1v) is 10.1. The highest BCUT2D eigenvalue weighted by molar-refractivity contribution is 14.1. The predicted molar refractivity (Wildman–Crippen MR) is 89.4 cm³/mol. The van der Waals surface area contributed by atoms with Crippen molar-refractivity contribution < 1.29 is 79.0 Å². The second-order valence-electron chi connectivity index (χ2n) is 6.60. The van der Waals surface area contributed by atoms with Crippen LogP contribution in [-0.2, 0) is 0 Å². The van der Waals surface area contributed by atoms with Gasteiger partial charge in [0.05, 0.1) is 0 Å². The zero-order valence-corrected chi connectivity index (χ0v) is 18.6. The van der Waals surface area contributed by atoms with Crippen molar-refractivity contribution in [1.29, 1.82) is 0 Å². The van der Waals surface area contributed by atoms with Crippen molar-refractivity contribution in [2.24, 2.45) is 0 Å². The van der Waals surface area contributed by atoms with Crippen LogP contribution >= 0.6 is 22.6 Å². The van der Waals surface area contributed by atoms with Gasteiger partial charge in [-0.1, -0.05) is 42.4 Å². The van der Waals surface area contributed by atoms with Crippen LogP contribution in [0.15, 0.2) is 0 Å². The predicted octanol–water partition coefficient (Wildman–Crippen LogP) is 9.31. The van der Waals surface area contributed by atoms with Crippen LogP contribution in [0.2, 0.25) is 0 Å². The van der Waals surface area contributed by atoms with Crippen LogP contribution in [0.5, 0.6) is 0 Å². The average molecular weight is 664 g/mol. The third kappa shape index (κ3) is 7.25. The third-order valence-electron chi connectivity index (χ3n) is 3.92. The van der Waals surface area contributed by atoms with Gasteiger partial charge in [-0.2, -0.15) is 79.0 Å². The van der Waals surface area contributed by atoms with Crippen molar-refractivity contribution in [3.8, 4) is 0 Å². The minimum absolute atomic E-state index is 0.0310. The Bertz CT molecular complexity index is 618. The molecule has 0 aliphatic rings. The molecule has 19 heteroatoms. The number of halogens is 19. The van der Waals surface area contributed by atoms with E-state index in [9.17, 15) is 79.0 Å². The van der Waals surface area contributed by atoms with Crippen molar-refractivity contribution >= 4 is 22.6 Å². The molecule has 0 aromatic rings. The van der Waals surface area contributed by atoms with Gasteiger partial charge < -0.3 is 0 Å². The van der Waals surface area contributed by atoms with E-state index in [0.29, 0.717) is 6.42 Å². The minimum Gasteiger partial charge on any atom is -0.200 e. The summed E-state index contributed by atoms with van der Waals surface area (Å²) in [6.45, 7) is 1.53. The molecular formula is C15H15F18I. The Morgan fingerprint density at radius 1 is 0.441 bits per heavy atom. The molecule has 0 aromatic carbocycles. The summed E-state index contributed by atoms with van der Waals surface area (Å²) >= 11 is 1.16. The lowest BCUT2D eigenvalue weighted by atomic mass is 9.98. The molecule has 0 aliphatic carbocycles. The molecule has 0 bridgehead atoms. The highest BCUT2D eigenvalue weighted by atomic mass is 127. The van der Waals surface area contributed by atoms with Gasteiger partial charge in [0.2, 0.25) is 0 Å². The van der Waals surface area contributed by atoms with E-state index in [1.54, 1.807) is 0 Å². The van der Waals surface area contributed by atoms with E-state index in [0.717, 1.165) is 22.6 Å². The second kappa shape index (κ2) is 11.2. The van der Waals surface area contributed by atoms with Gasteiger partial charge in [-0.15, -0.1) is 0 Å². The molecule has 0 aliphatic heterocycles. The van der Waals surface area contributed by atoms with Crippen LogP contribution in [-0.4, -0.2) is 52.3 Å². The van der Waals surface area contributed by atoms with Crippen molar-refractivity contribution in [2.75, 3.05) is 4.43 Å². The van der Waals surface area contributed by atoms with Crippen LogP contribution < -0.4 is 0 Å². The molecule has 0 nitrogen and oxygen atoms in total. The molecule has 0 aromatic heterocycles. The molecule has 0 amide bonds. The molecule has 34 heavy (non-hydrogen) atoms. The van der Waals surface area contributed by atoms with E-state index >= 15 is 0 Å². The number of hydrogen-bond donors (Lipinski definition) is 0. The van der Waals surface area contributed by atoms with Crippen molar-refractivity contribution in [3.05, 3.63) is 0 Å². The first kappa shape index (κ1) is 35.6. The maximum atomic E-state index is 12.8. The summed E-state index contributed by atoms with van der Waals surface area (Å²) in [7, 11) is 0. The standard InChI is InChI=1S/C9H11F9.C6H4F9I/c1-2-3-4-5-6(10,11)7(12,13)8(14,15)9(16,17)18;7-3(8,1-2-16)4(9,10)5(11,12)6(13,14)15/h2-5H2,1H3;1-2H2. The first-order valence-electron chi connectivity index (χ1n) is 8.58. The summed E-state index contributed by atoms with van der Waals surface area (Å²) in [5, 5.41) is 0. The lowest BCUT2D eigenvalue weighted by Gasteiger charge is -2.33. The third-order valence-corrected chi connectivity index (χ3v) is 4.46. The Morgan fingerprint density at radius 3 is 0.971 bits per heavy atom. The molecule has 0 heterocycles. The van der Waals surface area contributed by atoms with Crippen LogP contribution in [0.4, 0.5) is 79.0 Å². The van der Waals surface area contributed by atoms with Gasteiger partial charge in [0, 0.05) is 17.3 Å². The normalized spacial score (nSPS) is 15.2.